The zero-order chi connectivity index (χ0) is 21.6. The highest BCUT2D eigenvalue weighted by molar-refractivity contribution is 7.19. The maximum absolute atomic E-state index is 12.4. The third kappa shape index (κ3) is 5.26. The molecule has 0 saturated carbocycles. The van der Waals surface area contributed by atoms with Gasteiger partial charge >= 0.3 is 5.97 Å². The van der Waals surface area contributed by atoms with E-state index in [9.17, 15) is 4.79 Å². The zero-order valence-electron chi connectivity index (χ0n) is 17.7. The Morgan fingerprint density at radius 1 is 1.23 bits per heavy atom. The SMILES string of the molecule is CCOC(=O)c1ccnc2cc(C(OCCN3CCCCC3)c3ccccc3Cl)sc12. The summed E-state index contributed by atoms with van der Waals surface area (Å²) in [5.74, 6) is -0.330. The molecule has 1 atom stereocenters. The number of hydrogen-bond acceptors (Lipinski definition) is 6. The van der Waals surface area contributed by atoms with Crippen LogP contribution in [0.5, 0.6) is 0 Å². The molecule has 164 valence electrons. The van der Waals surface area contributed by atoms with Crippen LogP contribution in [0.15, 0.2) is 42.6 Å². The highest BCUT2D eigenvalue weighted by Gasteiger charge is 2.23. The van der Waals surface area contributed by atoms with Gasteiger partial charge in [0.05, 0.1) is 29.0 Å². The first-order valence-corrected chi connectivity index (χ1v) is 12.0. The second-order valence-corrected chi connectivity index (χ2v) is 9.11. The standard InChI is InChI=1S/C24H27ClN2O3S/c1-2-29-24(28)18-10-11-26-20-16-21(31-23(18)20)22(17-8-4-5-9-19(17)25)30-15-14-27-12-6-3-7-13-27/h4-5,8-11,16,22H,2-3,6-7,12-15H2,1H3. The van der Waals surface area contributed by atoms with E-state index in [1.54, 1.807) is 19.2 Å². The molecule has 5 nitrogen and oxygen atoms in total. The third-order valence-corrected chi connectivity index (χ3v) is 7.06. The largest absolute Gasteiger partial charge is 0.462 e. The molecule has 3 heterocycles. The van der Waals surface area contributed by atoms with Gasteiger partial charge in [0.1, 0.15) is 6.10 Å². The molecule has 31 heavy (non-hydrogen) atoms. The van der Waals surface area contributed by atoms with Crippen LogP contribution in [-0.2, 0) is 9.47 Å². The second kappa shape index (κ2) is 10.6. The molecule has 4 rings (SSSR count). The molecule has 0 amide bonds. The summed E-state index contributed by atoms with van der Waals surface area (Å²) in [5.41, 5.74) is 2.23. The number of pyridine rings is 1. The lowest BCUT2D eigenvalue weighted by Crippen LogP contribution is -2.33. The number of hydrogen-bond donors (Lipinski definition) is 0. The van der Waals surface area contributed by atoms with Gasteiger partial charge in [0, 0.05) is 28.2 Å². The highest BCUT2D eigenvalue weighted by atomic mass is 35.5. The fourth-order valence-electron chi connectivity index (χ4n) is 3.95. The minimum absolute atomic E-state index is 0.312. The molecule has 0 bridgehead atoms. The molecule has 1 saturated heterocycles. The number of thiophene rings is 1. The van der Waals surface area contributed by atoms with Crippen molar-refractivity contribution in [2.75, 3.05) is 32.8 Å². The van der Waals surface area contributed by atoms with Crippen molar-refractivity contribution in [2.24, 2.45) is 0 Å². The van der Waals surface area contributed by atoms with E-state index in [4.69, 9.17) is 21.1 Å². The van der Waals surface area contributed by atoms with Crippen LogP contribution in [0.2, 0.25) is 5.02 Å². The van der Waals surface area contributed by atoms with Crippen molar-refractivity contribution < 1.29 is 14.3 Å². The summed E-state index contributed by atoms with van der Waals surface area (Å²) in [5, 5.41) is 0.668. The molecule has 3 aromatic rings. The molecule has 2 aromatic heterocycles. The smallest absolute Gasteiger partial charge is 0.339 e. The van der Waals surface area contributed by atoms with E-state index in [0.29, 0.717) is 23.8 Å². The second-order valence-electron chi connectivity index (χ2n) is 7.62. The van der Waals surface area contributed by atoms with E-state index < -0.39 is 0 Å². The van der Waals surface area contributed by atoms with Crippen molar-refractivity contribution in [3.05, 3.63) is 63.6 Å². The van der Waals surface area contributed by atoms with Crippen molar-refractivity contribution in [1.82, 2.24) is 9.88 Å². The average Bonchev–Trinajstić information content (AvgIpc) is 3.22. The van der Waals surface area contributed by atoms with Gasteiger partial charge in [0.2, 0.25) is 0 Å². The average molecular weight is 459 g/mol. The number of rotatable bonds is 8. The first-order chi connectivity index (χ1) is 15.2. The predicted octanol–water partition coefficient (Wildman–Crippen LogP) is 5.72. The molecule has 1 aliphatic heterocycles. The van der Waals surface area contributed by atoms with Gasteiger partial charge < -0.3 is 14.4 Å². The molecule has 7 heteroatoms. The lowest BCUT2D eigenvalue weighted by molar-refractivity contribution is 0.0528. The zero-order valence-corrected chi connectivity index (χ0v) is 19.3. The predicted molar refractivity (Wildman–Crippen MR) is 125 cm³/mol. The Morgan fingerprint density at radius 3 is 2.81 bits per heavy atom. The molecule has 1 aromatic carbocycles. The van der Waals surface area contributed by atoms with E-state index in [2.05, 4.69) is 9.88 Å². The molecule has 1 fully saturated rings. The quantitative estimate of drug-likeness (QED) is 0.404. The van der Waals surface area contributed by atoms with E-state index >= 15 is 0 Å². The molecular formula is C24H27ClN2O3S. The normalized spacial score (nSPS) is 15.8. The van der Waals surface area contributed by atoms with Crippen LogP contribution in [0.25, 0.3) is 10.2 Å². The Labute approximate surface area is 191 Å². The van der Waals surface area contributed by atoms with Crippen molar-refractivity contribution >= 4 is 39.1 Å². The number of benzene rings is 1. The fourth-order valence-corrected chi connectivity index (χ4v) is 5.37. The van der Waals surface area contributed by atoms with Gasteiger partial charge in [-0.15, -0.1) is 11.3 Å². The third-order valence-electron chi connectivity index (χ3n) is 5.51. The minimum Gasteiger partial charge on any atom is -0.462 e. The number of piperidine rings is 1. The van der Waals surface area contributed by atoms with Crippen molar-refractivity contribution in [3.63, 3.8) is 0 Å². The van der Waals surface area contributed by atoms with Crippen molar-refractivity contribution in [3.8, 4) is 0 Å². The Morgan fingerprint density at radius 2 is 2.03 bits per heavy atom. The lowest BCUT2D eigenvalue weighted by atomic mass is 10.1. The lowest BCUT2D eigenvalue weighted by Gasteiger charge is -2.27. The fraction of sp³-hybridized carbons (Fsp3) is 0.417. The summed E-state index contributed by atoms with van der Waals surface area (Å²) in [6, 6.07) is 11.5. The maximum atomic E-state index is 12.4. The number of ether oxygens (including phenoxy) is 2. The highest BCUT2D eigenvalue weighted by Crippen LogP contribution is 2.38. The maximum Gasteiger partial charge on any atom is 0.339 e. The van der Waals surface area contributed by atoms with Crippen LogP contribution in [0.4, 0.5) is 0 Å². The van der Waals surface area contributed by atoms with Gasteiger partial charge in [-0.2, -0.15) is 0 Å². The summed E-state index contributed by atoms with van der Waals surface area (Å²) >= 11 is 8.06. The number of esters is 1. The Hall–Kier alpha value is -1.99. The summed E-state index contributed by atoms with van der Waals surface area (Å²) in [4.78, 5) is 20.3. The van der Waals surface area contributed by atoms with Gasteiger partial charge in [0.25, 0.3) is 0 Å². The molecule has 1 aliphatic rings. The van der Waals surface area contributed by atoms with Crippen LogP contribution in [0.3, 0.4) is 0 Å². The van der Waals surface area contributed by atoms with E-state index in [-0.39, 0.29) is 12.1 Å². The number of halogens is 1. The Balaban J connectivity index is 1.63. The first kappa shape index (κ1) is 22.2. The number of carbonyl (C=O) groups is 1. The van der Waals surface area contributed by atoms with E-state index in [1.165, 1.54) is 30.6 Å². The summed E-state index contributed by atoms with van der Waals surface area (Å²) in [6.45, 7) is 5.93. The molecule has 0 radical (unpaired) electrons. The van der Waals surface area contributed by atoms with Crippen LogP contribution >= 0.6 is 22.9 Å². The monoisotopic (exact) mass is 458 g/mol. The summed E-state index contributed by atoms with van der Waals surface area (Å²) in [7, 11) is 0. The topological polar surface area (TPSA) is 51.7 Å². The number of carbonyl (C=O) groups excluding carboxylic acids is 1. The molecular weight excluding hydrogens is 432 g/mol. The van der Waals surface area contributed by atoms with Crippen LogP contribution in [0.1, 0.15) is 53.1 Å². The number of likely N-dealkylation sites (tertiary alicyclic amines) is 1. The van der Waals surface area contributed by atoms with Crippen LogP contribution in [-0.4, -0.2) is 48.7 Å². The molecule has 1 unspecified atom stereocenters. The van der Waals surface area contributed by atoms with Gasteiger partial charge in [-0.3, -0.25) is 4.98 Å². The Kier molecular flexibility index (Phi) is 7.56. The van der Waals surface area contributed by atoms with Gasteiger partial charge in [-0.1, -0.05) is 36.2 Å². The van der Waals surface area contributed by atoms with Gasteiger partial charge in [0.15, 0.2) is 0 Å². The van der Waals surface area contributed by atoms with E-state index in [1.807, 2.05) is 30.3 Å². The van der Waals surface area contributed by atoms with Crippen molar-refractivity contribution in [2.45, 2.75) is 32.3 Å². The summed E-state index contributed by atoms with van der Waals surface area (Å²) in [6.07, 6.45) is 5.16. The molecule has 0 aliphatic carbocycles. The van der Waals surface area contributed by atoms with Crippen LogP contribution in [0, 0.1) is 0 Å². The summed E-state index contributed by atoms with van der Waals surface area (Å²) < 4.78 is 12.5. The van der Waals surface area contributed by atoms with E-state index in [0.717, 1.165) is 40.3 Å². The van der Waals surface area contributed by atoms with Gasteiger partial charge in [-0.25, -0.2) is 4.79 Å². The first-order valence-electron chi connectivity index (χ1n) is 10.8. The number of fused-ring (bicyclic) bond motifs is 1. The van der Waals surface area contributed by atoms with Crippen molar-refractivity contribution in [1.29, 1.82) is 0 Å². The minimum atomic E-state index is -0.330. The molecule has 0 N–H and O–H groups in total. The van der Waals surface area contributed by atoms with Crippen LogP contribution < -0.4 is 0 Å². The Bertz CT molecular complexity index is 1030. The number of nitrogens with zero attached hydrogens (tertiary/aromatic N) is 2. The van der Waals surface area contributed by atoms with Gasteiger partial charge in [-0.05, 0) is 51.1 Å². The molecule has 0 spiro atoms. The number of aromatic nitrogens is 1.